The lowest BCUT2D eigenvalue weighted by atomic mass is 10.1. The maximum atomic E-state index is 12.9. The van der Waals surface area contributed by atoms with Crippen molar-refractivity contribution >= 4 is 5.91 Å². The number of H-pyrrole nitrogens is 1. The summed E-state index contributed by atoms with van der Waals surface area (Å²) >= 11 is 0. The number of ether oxygens (including phenoxy) is 1. The molecule has 1 saturated heterocycles. The summed E-state index contributed by atoms with van der Waals surface area (Å²) in [6.07, 6.45) is 0. The molecule has 1 amide bonds. The molecule has 0 saturated carbocycles. The lowest BCUT2D eigenvalue weighted by molar-refractivity contribution is 0.0600. The molecule has 0 spiro atoms. The van der Waals surface area contributed by atoms with Gasteiger partial charge >= 0.3 is 0 Å². The molecule has 7 heteroatoms. The number of amides is 1. The van der Waals surface area contributed by atoms with Gasteiger partial charge in [-0.25, -0.2) is 0 Å². The molecule has 1 aromatic heterocycles. The van der Waals surface area contributed by atoms with E-state index < -0.39 is 0 Å². The molecule has 2 aromatic carbocycles. The molecule has 1 fully saturated rings. The van der Waals surface area contributed by atoms with Crippen molar-refractivity contribution in [1.29, 1.82) is 5.26 Å². The topological polar surface area (TPSA) is 85.2 Å². The van der Waals surface area contributed by atoms with E-state index in [0.29, 0.717) is 31.9 Å². The van der Waals surface area contributed by atoms with E-state index >= 15 is 0 Å². The van der Waals surface area contributed by atoms with Crippen LogP contribution in [0.1, 0.15) is 27.7 Å². The number of hydrogen-bond donors (Lipinski definition) is 1. The molecule has 1 unspecified atom stereocenters. The normalized spacial score (nSPS) is 15.3. The van der Waals surface area contributed by atoms with Gasteiger partial charge in [0, 0.05) is 31.7 Å². The second-order valence-electron chi connectivity index (χ2n) is 7.67. The van der Waals surface area contributed by atoms with Gasteiger partial charge in [0.05, 0.1) is 18.9 Å². The SMILES string of the molecule is COc1ccc(C(C#N)N2CCN(C(=O)c3cc(-c4ccc(C)cc4)n[nH]3)CC2)cc1. The van der Waals surface area contributed by atoms with Crippen molar-refractivity contribution in [3.05, 3.63) is 71.4 Å². The fourth-order valence-electron chi connectivity index (χ4n) is 3.81. The fourth-order valence-corrected chi connectivity index (χ4v) is 3.81. The van der Waals surface area contributed by atoms with Crippen LogP contribution in [0.2, 0.25) is 0 Å². The number of methoxy groups -OCH3 is 1. The lowest BCUT2D eigenvalue weighted by Crippen LogP contribution is -2.49. The Morgan fingerprint density at radius 2 is 1.77 bits per heavy atom. The van der Waals surface area contributed by atoms with Crippen LogP contribution < -0.4 is 4.74 Å². The van der Waals surface area contributed by atoms with Gasteiger partial charge < -0.3 is 9.64 Å². The maximum absolute atomic E-state index is 12.9. The Morgan fingerprint density at radius 3 is 2.39 bits per heavy atom. The number of piperazine rings is 1. The zero-order chi connectivity index (χ0) is 21.8. The smallest absolute Gasteiger partial charge is 0.271 e. The summed E-state index contributed by atoms with van der Waals surface area (Å²) in [5, 5.41) is 16.9. The van der Waals surface area contributed by atoms with Crippen LogP contribution in [-0.2, 0) is 0 Å². The highest BCUT2D eigenvalue weighted by atomic mass is 16.5. The average Bonchev–Trinajstić information content (AvgIpc) is 3.31. The number of nitrogens with one attached hydrogen (secondary N) is 1. The van der Waals surface area contributed by atoms with Crippen LogP contribution in [-0.4, -0.2) is 59.2 Å². The van der Waals surface area contributed by atoms with Crippen LogP contribution in [0, 0.1) is 18.3 Å². The Hall–Kier alpha value is -3.63. The third kappa shape index (κ3) is 4.44. The quantitative estimate of drug-likeness (QED) is 0.690. The molecule has 3 aromatic rings. The van der Waals surface area contributed by atoms with Gasteiger partial charge in [0.15, 0.2) is 0 Å². The average molecular weight is 415 g/mol. The number of aromatic amines is 1. The van der Waals surface area contributed by atoms with E-state index in [2.05, 4.69) is 21.2 Å². The van der Waals surface area contributed by atoms with Gasteiger partial charge in [-0.2, -0.15) is 10.4 Å². The predicted molar refractivity (Wildman–Crippen MR) is 118 cm³/mol. The summed E-state index contributed by atoms with van der Waals surface area (Å²) < 4.78 is 5.20. The summed E-state index contributed by atoms with van der Waals surface area (Å²) in [6, 6.07) is 19.5. The van der Waals surface area contributed by atoms with Crippen LogP contribution in [0.3, 0.4) is 0 Å². The molecule has 2 heterocycles. The number of benzene rings is 2. The highest BCUT2D eigenvalue weighted by molar-refractivity contribution is 5.93. The molecule has 1 aliphatic rings. The maximum Gasteiger partial charge on any atom is 0.271 e. The van der Waals surface area contributed by atoms with Crippen LogP contribution in [0.4, 0.5) is 0 Å². The first-order valence-electron chi connectivity index (χ1n) is 10.3. The minimum absolute atomic E-state index is 0.0662. The van der Waals surface area contributed by atoms with E-state index in [1.165, 1.54) is 5.56 Å². The first kappa shape index (κ1) is 20.6. The number of carbonyl (C=O) groups is 1. The van der Waals surface area contributed by atoms with Crippen LogP contribution in [0.15, 0.2) is 54.6 Å². The van der Waals surface area contributed by atoms with Crippen molar-refractivity contribution in [1.82, 2.24) is 20.0 Å². The monoisotopic (exact) mass is 415 g/mol. The largest absolute Gasteiger partial charge is 0.497 e. The summed E-state index contributed by atoms with van der Waals surface area (Å²) in [5.41, 5.74) is 4.32. The summed E-state index contributed by atoms with van der Waals surface area (Å²) in [6.45, 7) is 4.43. The summed E-state index contributed by atoms with van der Waals surface area (Å²) in [7, 11) is 1.62. The number of carbonyl (C=O) groups excluding carboxylic acids is 1. The minimum atomic E-state index is -0.344. The number of hydrogen-bond acceptors (Lipinski definition) is 5. The van der Waals surface area contributed by atoms with Gasteiger partial charge in [-0.05, 0) is 30.7 Å². The number of nitrogens with zero attached hydrogens (tertiary/aromatic N) is 4. The van der Waals surface area contributed by atoms with Gasteiger partial charge in [-0.3, -0.25) is 14.8 Å². The van der Waals surface area contributed by atoms with Crippen LogP contribution in [0.5, 0.6) is 5.75 Å². The fraction of sp³-hybridized carbons (Fsp3) is 0.292. The van der Waals surface area contributed by atoms with Gasteiger partial charge in [-0.1, -0.05) is 42.0 Å². The van der Waals surface area contributed by atoms with Gasteiger partial charge in [-0.15, -0.1) is 0 Å². The highest BCUT2D eigenvalue weighted by Crippen LogP contribution is 2.24. The Bertz CT molecular complexity index is 1070. The highest BCUT2D eigenvalue weighted by Gasteiger charge is 2.28. The first-order chi connectivity index (χ1) is 15.1. The molecule has 1 atom stereocenters. The van der Waals surface area contributed by atoms with E-state index in [1.54, 1.807) is 13.2 Å². The van der Waals surface area contributed by atoms with E-state index in [0.717, 1.165) is 22.6 Å². The molecule has 1 N–H and O–H groups in total. The molecule has 0 bridgehead atoms. The van der Waals surface area contributed by atoms with Gasteiger partial charge in [0.25, 0.3) is 5.91 Å². The van der Waals surface area contributed by atoms with Crippen LogP contribution in [0.25, 0.3) is 11.3 Å². The van der Waals surface area contributed by atoms with E-state index in [9.17, 15) is 10.1 Å². The standard InChI is InChI=1S/C24H25N5O2/c1-17-3-5-18(6-4-17)21-15-22(27-26-21)24(30)29-13-11-28(12-14-29)23(16-25)19-7-9-20(31-2)10-8-19/h3-10,15,23H,11-14H2,1-2H3,(H,26,27). The minimum Gasteiger partial charge on any atom is -0.497 e. The van der Waals surface area contributed by atoms with Gasteiger partial charge in [0.1, 0.15) is 17.5 Å². The number of nitriles is 1. The lowest BCUT2D eigenvalue weighted by Gasteiger charge is -2.36. The molecule has 0 aliphatic carbocycles. The zero-order valence-corrected chi connectivity index (χ0v) is 17.7. The number of aryl methyl sites for hydroxylation is 1. The third-order valence-electron chi connectivity index (χ3n) is 5.68. The van der Waals surface area contributed by atoms with E-state index in [-0.39, 0.29) is 11.9 Å². The predicted octanol–water partition coefficient (Wildman–Crippen LogP) is 3.42. The number of aromatic nitrogens is 2. The van der Waals surface area contributed by atoms with E-state index in [4.69, 9.17) is 4.74 Å². The van der Waals surface area contributed by atoms with Crippen LogP contribution >= 0.6 is 0 Å². The Balaban J connectivity index is 1.39. The molecule has 7 nitrogen and oxygen atoms in total. The van der Waals surface area contributed by atoms with Crippen molar-refractivity contribution in [2.75, 3.05) is 33.3 Å². The van der Waals surface area contributed by atoms with E-state index in [1.807, 2.05) is 60.4 Å². The molecular weight excluding hydrogens is 390 g/mol. The molecule has 1 aliphatic heterocycles. The summed E-state index contributed by atoms with van der Waals surface area (Å²) in [5.74, 6) is 0.698. The van der Waals surface area contributed by atoms with Crippen molar-refractivity contribution < 1.29 is 9.53 Å². The Labute approximate surface area is 181 Å². The van der Waals surface area contributed by atoms with Crippen molar-refractivity contribution in [2.45, 2.75) is 13.0 Å². The first-order valence-corrected chi connectivity index (χ1v) is 10.3. The van der Waals surface area contributed by atoms with Crippen molar-refractivity contribution in [3.63, 3.8) is 0 Å². The van der Waals surface area contributed by atoms with Crippen molar-refractivity contribution in [2.24, 2.45) is 0 Å². The zero-order valence-electron chi connectivity index (χ0n) is 17.7. The Kier molecular flexibility index (Phi) is 6.01. The summed E-state index contributed by atoms with van der Waals surface area (Å²) in [4.78, 5) is 16.9. The Morgan fingerprint density at radius 1 is 1.10 bits per heavy atom. The third-order valence-corrected chi connectivity index (χ3v) is 5.68. The molecule has 0 radical (unpaired) electrons. The molecule has 4 rings (SSSR count). The number of rotatable bonds is 5. The van der Waals surface area contributed by atoms with Gasteiger partial charge in [0.2, 0.25) is 0 Å². The molecule has 31 heavy (non-hydrogen) atoms. The molecule has 158 valence electrons. The second-order valence-corrected chi connectivity index (χ2v) is 7.67. The molecular formula is C24H25N5O2. The second kappa shape index (κ2) is 9.02. The van der Waals surface area contributed by atoms with Crippen molar-refractivity contribution in [3.8, 4) is 23.1 Å².